The smallest absolute Gasteiger partial charge is 0.259 e. The van der Waals surface area contributed by atoms with Gasteiger partial charge in [-0.1, -0.05) is 96.0 Å². The lowest BCUT2D eigenvalue weighted by atomic mass is 10.0. The second-order valence-electron chi connectivity index (χ2n) is 14.5. The minimum Gasteiger partial charge on any atom is -0.505 e. The summed E-state index contributed by atoms with van der Waals surface area (Å²) in [6, 6.07) is 38.0. The van der Waals surface area contributed by atoms with Crippen LogP contribution in [0.5, 0.6) is 34.5 Å². The zero-order valence-electron chi connectivity index (χ0n) is 35.6. The lowest BCUT2D eigenvalue weighted by molar-refractivity contribution is 0.101. The molecule has 0 spiro atoms. The third kappa shape index (κ3) is 9.09. The van der Waals surface area contributed by atoms with E-state index in [4.69, 9.17) is 42.1 Å². The second-order valence-corrected chi connectivity index (χ2v) is 15.3. The van der Waals surface area contributed by atoms with Gasteiger partial charge in [-0.3, -0.25) is 9.59 Å². The van der Waals surface area contributed by atoms with Gasteiger partial charge >= 0.3 is 0 Å². The molecule has 0 radical (unpaired) electrons. The van der Waals surface area contributed by atoms with Crippen molar-refractivity contribution in [3.8, 4) is 45.6 Å². The molecule has 4 N–H and O–H groups in total. The van der Waals surface area contributed by atoms with Crippen LogP contribution >= 0.6 is 23.2 Å². The quantitative estimate of drug-likeness (QED) is 0.0823. The Kier molecular flexibility index (Phi) is 13.0. The number of hydrogen-bond donors (Lipinski definition) is 4. The van der Waals surface area contributed by atoms with Crippen LogP contribution in [0.25, 0.3) is 32.7 Å². The molecule has 0 atom stereocenters. The average molecular weight is 922 g/mol. The van der Waals surface area contributed by atoms with E-state index < -0.39 is 11.8 Å². The molecule has 0 aliphatic rings. The summed E-state index contributed by atoms with van der Waals surface area (Å²) in [5.41, 5.74) is 3.35. The number of nitrogens with zero attached hydrogens (tertiary/aromatic N) is 4. The maximum Gasteiger partial charge on any atom is 0.259 e. The number of aromatic hydroxyl groups is 2. The molecule has 66 heavy (non-hydrogen) atoms. The van der Waals surface area contributed by atoms with E-state index in [0.29, 0.717) is 77.3 Å². The molecule has 0 unspecified atom stereocenters. The van der Waals surface area contributed by atoms with Gasteiger partial charge in [0.2, 0.25) is 0 Å². The van der Waals surface area contributed by atoms with Crippen LogP contribution in [0.3, 0.4) is 0 Å². The Morgan fingerprint density at radius 3 is 1.20 bits per heavy atom. The number of ether oxygens (including phenoxy) is 4. The van der Waals surface area contributed by atoms with Crippen molar-refractivity contribution in [3.05, 3.63) is 155 Å². The summed E-state index contributed by atoms with van der Waals surface area (Å²) in [5.74, 6) is -0.475. The first kappa shape index (κ1) is 44.4. The monoisotopic (exact) mass is 920 g/mol. The van der Waals surface area contributed by atoms with E-state index in [-0.39, 0.29) is 34.0 Å². The molecule has 8 aromatic carbocycles. The van der Waals surface area contributed by atoms with Crippen molar-refractivity contribution in [2.75, 3.05) is 39.1 Å². The van der Waals surface area contributed by atoms with Crippen molar-refractivity contribution in [1.29, 1.82) is 0 Å². The maximum atomic E-state index is 13.7. The lowest BCUT2D eigenvalue weighted by Crippen LogP contribution is -2.12. The molecular formula is C50H38Cl2N6O8. The number of nitrogens with one attached hydrogen (secondary N) is 2. The van der Waals surface area contributed by atoms with Crippen LogP contribution in [-0.4, -0.2) is 50.5 Å². The highest BCUT2D eigenvalue weighted by Crippen LogP contribution is 2.44. The zero-order chi connectivity index (χ0) is 46.5. The average Bonchev–Trinajstić information content (AvgIpc) is 3.33. The van der Waals surface area contributed by atoms with E-state index in [0.717, 1.165) is 11.1 Å². The van der Waals surface area contributed by atoms with Gasteiger partial charge in [0, 0.05) is 46.4 Å². The summed E-state index contributed by atoms with van der Waals surface area (Å²) in [6.07, 6.45) is 0. The third-order valence-electron chi connectivity index (χ3n) is 10.5. The highest BCUT2D eigenvalue weighted by atomic mass is 35.5. The summed E-state index contributed by atoms with van der Waals surface area (Å²) in [7, 11) is 5.88. The standard InChI is InChI=1S/C50H38Cl2N6O8/c1-63-41-25-39(43(65-3)23-37(41)51)55-57-45-33-11-7-5-9-29(33)21-35(47(45)59)49(61)53-31-17-13-27(14-18-31)28-15-19-32(20-16-28)54-50(62)36-22-30-10-6-8-12-34(30)46(48(36)60)58-56-40-26-42(64-2)38(52)24-44(40)66-4/h5-26,59-60H,1-4H3,(H,53,61)(H,54,62). The predicted octanol–water partition coefficient (Wildman–Crippen LogP) is 13.7. The van der Waals surface area contributed by atoms with Gasteiger partial charge in [0.1, 0.15) is 45.7 Å². The van der Waals surface area contributed by atoms with Gasteiger partial charge in [-0.25, -0.2) is 0 Å². The molecule has 2 amide bonds. The molecule has 0 aromatic heterocycles. The molecule has 0 saturated carbocycles. The molecule has 0 fully saturated rings. The van der Waals surface area contributed by atoms with Crippen molar-refractivity contribution in [2.24, 2.45) is 20.5 Å². The molecule has 330 valence electrons. The molecule has 0 aliphatic carbocycles. The second kappa shape index (κ2) is 19.3. The van der Waals surface area contributed by atoms with Gasteiger partial charge < -0.3 is 39.8 Å². The number of methoxy groups -OCH3 is 4. The van der Waals surface area contributed by atoms with Crippen LogP contribution in [0.4, 0.5) is 34.1 Å². The number of carbonyl (C=O) groups excluding carboxylic acids is 2. The first-order chi connectivity index (χ1) is 32.0. The van der Waals surface area contributed by atoms with Crippen LogP contribution in [0.1, 0.15) is 20.7 Å². The van der Waals surface area contributed by atoms with E-state index >= 15 is 0 Å². The Hall–Kier alpha value is -8.20. The molecule has 8 rings (SSSR count). The summed E-state index contributed by atoms with van der Waals surface area (Å²) in [4.78, 5) is 27.4. The normalized spacial score (nSPS) is 11.3. The van der Waals surface area contributed by atoms with Gasteiger partial charge in [-0.05, 0) is 58.3 Å². The third-order valence-corrected chi connectivity index (χ3v) is 11.1. The van der Waals surface area contributed by atoms with E-state index in [1.54, 1.807) is 97.1 Å². The van der Waals surface area contributed by atoms with E-state index in [9.17, 15) is 19.8 Å². The summed E-state index contributed by atoms with van der Waals surface area (Å²) in [5, 5.41) is 49.1. The molecule has 14 nitrogen and oxygen atoms in total. The number of fused-ring (bicyclic) bond motifs is 2. The molecule has 16 heteroatoms. The van der Waals surface area contributed by atoms with Crippen molar-refractivity contribution in [1.82, 2.24) is 0 Å². The van der Waals surface area contributed by atoms with E-state index in [1.165, 1.54) is 28.4 Å². The number of phenolic OH excluding ortho intramolecular Hbond substituents is 2. The number of azo groups is 2. The molecule has 0 bridgehead atoms. The van der Waals surface area contributed by atoms with Crippen molar-refractivity contribution in [3.63, 3.8) is 0 Å². The minimum atomic E-state index is -0.566. The van der Waals surface area contributed by atoms with Crippen LogP contribution < -0.4 is 29.6 Å². The molecule has 0 heterocycles. The van der Waals surface area contributed by atoms with Gasteiger partial charge in [-0.2, -0.15) is 0 Å². The van der Waals surface area contributed by atoms with Crippen molar-refractivity contribution >= 4 is 90.7 Å². The number of halogens is 2. The number of rotatable bonds is 13. The number of hydrogen-bond acceptors (Lipinski definition) is 12. The fourth-order valence-electron chi connectivity index (χ4n) is 7.13. The number of phenols is 2. The van der Waals surface area contributed by atoms with Gasteiger partial charge in [-0.15, -0.1) is 20.5 Å². The van der Waals surface area contributed by atoms with Crippen LogP contribution in [-0.2, 0) is 0 Å². The van der Waals surface area contributed by atoms with Gasteiger partial charge in [0.25, 0.3) is 11.8 Å². The Morgan fingerprint density at radius 2 is 0.833 bits per heavy atom. The zero-order valence-corrected chi connectivity index (χ0v) is 37.1. The van der Waals surface area contributed by atoms with Crippen LogP contribution in [0.2, 0.25) is 10.0 Å². The van der Waals surface area contributed by atoms with Gasteiger partial charge in [0.05, 0.1) is 49.6 Å². The first-order valence-electron chi connectivity index (χ1n) is 20.0. The van der Waals surface area contributed by atoms with Crippen LogP contribution in [0, 0.1) is 0 Å². The fourth-order valence-corrected chi connectivity index (χ4v) is 7.59. The minimum absolute atomic E-state index is 0.0118. The Labute approximate surface area is 387 Å². The van der Waals surface area contributed by atoms with Crippen LogP contribution in [0.15, 0.2) is 154 Å². The summed E-state index contributed by atoms with van der Waals surface area (Å²) < 4.78 is 21.5. The SMILES string of the molecule is COc1cc(N=Nc2c(O)c(C(=O)Nc3ccc(-c4ccc(NC(=O)c5cc6ccccc6c(N=Nc6cc(OC)c(Cl)cc6OC)c5O)cc4)cc3)cc3ccccc23)c(OC)cc1Cl. The highest BCUT2D eigenvalue weighted by molar-refractivity contribution is 6.32. The number of carbonyl (C=O) groups is 2. The highest BCUT2D eigenvalue weighted by Gasteiger charge is 2.21. The lowest BCUT2D eigenvalue weighted by Gasteiger charge is -2.13. The Morgan fingerprint density at radius 1 is 0.470 bits per heavy atom. The Bertz CT molecular complexity index is 3020. The van der Waals surface area contributed by atoms with Crippen molar-refractivity contribution < 1.29 is 38.7 Å². The number of amides is 2. The number of anilines is 2. The summed E-state index contributed by atoms with van der Waals surface area (Å²) in [6.45, 7) is 0. The Balaban J connectivity index is 0.985. The largest absolute Gasteiger partial charge is 0.505 e. The molecule has 0 aliphatic heterocycles. The van der Waals surface area contributed by atoms with E-state index in [1.807, 2.05) is 36.4 Å². The first-order valence-corrected chi connectivity index (χ1v) is 20.7. The topological polar surface area (TPSA) is 185 Å². The molecule has 8 aromatic rings. The van der Waals surface area contributed by atoms with E-state index in [2.05, 4.69) is 31.1 Å². The predicted molar refractivity (Wildman–Crippen MR) is 256 cm³/mol. The summed E-state index contributed by atoms with van der Waals surface area (Å²) >= 11 is 12.5. The van der Waals surface area contributed by atoms with Crippen molar-refractivity contribution in [2.45, 2.75) is 0 Å². The van der Waals surface area contributed by atoms with Gasteiger partial charge in [0.15, 0.2) is 11.5 Å². The fraction of sp³-hybridized carbons (Fsp3) is 0.0800. The number of benzene rings is 8. The molecular weight excluding hydrogens is 883 g/mol. The molecule has 0 saturated heterocycles. The maximum absolute atomic E-state index is 13.7.